The molecule has 1 aliphatic rings. The zero-order chi connectivity index (χ0) is 21.3. The zero-order valence-corrected chi connectivity index (χ0v) is 18.2. The van der Waals surface area contributed by atoms with Crippen molar-refractivity contribution in [3.63, 3.8) is 0 Å². The van der Waals surface area contributed by atoms with E-state index in [0.717, 1.165) is 12.8 Å². The number of hydrogen-bond acceptors (Lipinski definition) is 6. The predicted octanol–water partition coefficient (Wildman–Crippen LogP) is 3.34. The second kappa shape index (κ2) is 17.0. The Kier molecular flexibility index (Phi) is 15.4. The molecule has 0 aromatic carbocycles. The Bertz CT molecular complexity index is 409. The third-order valence-corrected chi connectivity index (χ3v) is 5.77. The van der Waals surface area contributed by atoms with Crippen LogP contribution >= 0.6 is 0 Å². The van der Waals surface area contributed by atoms with Gasteiger partial charge in [-0.3, -0.25) is 10.0 Å². The van der Waals surface area contributed by atoms with Crippen molar-refractivity contribution >= 4 is 5.91 Å². The van der Waals surface area contributed by atoms with Gasteiger partial charge in [0.2, 0.25) is 5.91 Å². The summed E-state index contributed by atoms with van der Waals surface area (Å²) in [5, 5.41) is 28.4. The molecular weight excluding hydrogens is 374 g/mol. The Morgan fingerprint density at radius 3 is 2.07 bits per heavy atom. The number of aliphatic hydroxyl groups is 2. The summed E-state index contributed by atoms with van der Waals surface area (Å²) in [6.07, 6.45) is 12.9. The molecule has 0 bridgehead atoms. The van der Waals surface area contributed by atoms with Gasteiger partial charge in [-0.2, -0.15) is 0 Å². The average molecular weight is 418 g/mol. The molecule has 1 rings (SSSR count). The second-order valence-corrected chi connectivity index (χ2v) is 8.27. The van der Waals surface area contributed by atoms with Crippen LogP contribution in [0, 0.1) is 5.92 Å². The van der Waals surface area contributed by atoms with Crippen LogP contribution < -0.4 is 5.48 Å². The molecule has 7 nitrogen and oxygen atoms in total. The lowest BCUT2D eigenvalue weighted by molar-refractivity contribution is -0.194. The summed E-state index contributed by atoms with van der Waals surface area (Å²) in [6, 6.07) is 0. The SMILES string of the molecule is CCCCCCCCCCCCCCO[C@@H]1[C@@H](CC(=O)NO)CO[C@H](CO)[C@H]1O. The minimum atomic E-state index is -0.984. The van der Waals surface area contributed by atoms with E-state index in [9.17, 15) is 15.0 Å². The maximum Gasteiger partial charge on any atom is 0.243 e. The maximum absolute atomic E-state index is 11.5. The summed E-state index contributed by atoms with van der Waals surface area (Å²) in [5.74, 6) is -0.885. The summed E-state index contributed by atoms with van der Waals surface area (Å²) in [5.41, 5.74) is 1.61. The zero-order valence-electron chi connectivity index (χ0n) is 18.2. The number of hydroxylamine groups is 1. The molecule has 1 fully saturated rings. The van der Waals surface area contributed by atoms with Gasteiger partial charge in [0.05, 0.1) is 19.3 Å². The van der Waals surface area contributed by atoms with Gasteiger partial charge in [-0.25, -0.2) is 5.48 Å². The fraction of sp³-hybridized carbons (Fsp3) is 0.955. The fourth-order valence-corrected chi connectivity index (χ4v) is 3.95. The number of hydrogen-bond donors (Lipinski definition) is 4. The van der Waals surface area contributed by atoms with E-state index < -0.39 is 24.2 Å². The van der Waals surface area contributed by atoms with Crippen molar-refractivity contribution in [1.29, 1.82) is 0 Å². The third kappa shape index (κ3) is 11.3. The predicted molar refractivity (Wildman–Crippen MR) is 112 cm³/mol. The average Bonchev–Trinajstić information content (AvgIpc) is 2.73. The first kappa shape index (κ1) is 26.3. The highest BCUT2D eigenvalue weighted by molar-refractivity contribution is 5.74. The van der Waals surface area contributed by atoms with Gasteiger partial charge in [-0.1, -0.05) is 77.6 Å². The lowest BCUT2D eigenvalue weighted by Crippen LogP contribution is -2.53. The number of carbonyl (C=O) groups excluding carboxylic acids is 1. The lowest BCUT2D eigenvalue weighted by atomic mass is 9.89. The van der Waals surface area contributed by atoms with Gasteiger partial charge in [-0.15, -0.1) is 0 Å². The van der Waals surface area contributed by atoms with Crippen LogP contribution in [0.3, 0.4) is 0 Å². The monoisotopic (exact) mass is 417 g/mol. The van der Waals surface area contributed by atoms with Crippen molar-refractivity contribution in [2.45, 2.75) is 109 Å². The first-order valence-electron chi connectivity index (χ1n) is 11.6. The lowest BCUT2D eigenvalue weighted by Gasteiger charge is -2.39. The van der Waals surface area contributed by atoms with Gasteiger partial charge < -0.3 is 19.7 Å². The second-order valence-electron chi connectivity index (χ2n) is 8.27. The molecule has 4 atom stereocenters. The van der Waals surface area contributed by atoms with E-state index in [1.54, 1.807) is 5.48 Å². The van der Waals surface area contributed by atoms with Crippen molar-refractivity contribution in [3.8, 4) is 0 Å². The van der Waals surface area contributed by atoms with E-state index >= 15 is 0 Å². The molecule has 1 amide bonds. The van der Waals surface area contributed by atoms with Crippen molar-refractivity contribution in [3.05, 3.63) is 0 Å². The standard InChI is InChI=1S/C22H43NO6/c1-2-3-4-5-6-7-8-9-10-11-12-13-14-28-22-18(15-20(25)23-27)17-29-19(16-24)21(22)26/h18-19,21-22,24,26-27H,2-17H2,1H3,(H,23,25)/t18-,19+,21+,22+/m0/s1. The molecular formula is C22H43NO6. The third-order valence-electron chi connectivity index (χ3n) is 5.77. The van der Waals surface area contributed by atoms with Crippen LogP contribution in [0.4, 0.5) is 0 Å². The van der Waals surface area contributed by atoms with Crippen LogP contribution in [0.2, 0.25) is 0 Å². The van der Waals surface area contributed by atoms with Crippen molar-refractivity contribution in [2.75, 3.05) is 19.8 Å². The largest absolute Gasteiger partial charge is 0.394 e. The van der Waals surface area contributed by atoms with Crippen molar-refractivity contribution < 1.29 is 29.7 Å². The molecule has 4 N–H and O–H groups in total. The maximum atomic E-state index is 11.5. The number of unbranched alkanes of at least 4 members (excludes halogenated alkanes) is 11. The van der Waals surface area contributed by atoms with Gasteiger partial charge in [0.15, 0.2) is 0 Å². The fourth-order valence-electron chi connectivity index (χ4n) is 3.95. The minimum absolute atomic E-state index is 0.00875. The first-order valence-corrected chi connectivity index (χ1v) is 11.6. The molecule has 0 aromatic heterocycles. The Morgan fingerprint density at radius 1 is 1.00 bits per heavy atom. The summed E-state index contributed by atoms with van der Waals surface area (Å²) in [4.78, 5) is 11.5. The Hall–Kier alpha value is -0.730. The van der Waals surface area contributed by atoms with E-state index in [0.29, 0.717) is 6.61 Å². The number of amides is 1. The topological polar surface area (TPSA) is 108 Å². The van der Waals surface area contributed by atoms with E-state index in [2.05, 4.69) is 6.92 Å². The molecule has 1 heterocycles. The van der Waals surface area contributed by atoms with E-state index in [1.807, 2.05) is 0 Å². The highest BCUT2D eigenvalue weighted by Gasteiger charge is 2.40. The molecule has 1 saturated heterocycles. The quantitative estimate of drug-likeness (QED) is 0.164. The minimum Gasteiger partial charge on any atom is -0.394 e. The molecule has 0 unspecified atom stereocenters. The van der Waals surface area contributed by atoms with E-state index in [4.69, 9.17) is 14.7 Å². The molecule has 29 heavy (non-hydrogen) atoms. The molecule has 1 aliphatic heterocycles. The van der Waals surface area contributed by atoms with Gasteiger partial charge in [0.25, 0.3) is 0 Å². The molecule has 0 radical (unpaired) electrons. The summed E-state index contributed by atoms with van der Waals surface area (Å²) in [6.45, 7) is 2.67. The summed E-state index contributed by atoms with van der Waals surface area (Å²) >= 11 is 0. The molecule has 0 saturated carbocycles. The van der Waals surface area contributed by atoms with Crippen LogP contribution in [0.25, 0.3) is 0 Å². The molecule has 0 aliphatic carbocycles. The van der Waals surface area contributed by atoms with Gasteiger partial charge in [0.1, 0.15) is 12.2 Å². The number of carbonyl (C=O) groups is 1. The summed E-state index contributed by atoms with van der Waals surface area (Å²) < 4.78 is 11.3. The number of rotatable bonds is 17. The van der Waals surface area contributed by atoms with Crippen LogP contribution in [0.1, 0.15) is 90.4 Å². The van der Waals surface area contributed by atoms with Crippen molar-refractivity contribution in [1.82, 2.24) is 5.48 Å². The van der Waals surface area contributed by atoms with Crippen LogP contribution in [0.5, 0.6) is 0 Å². The Labute approximate surface area is 176 Å². The van der Waals surface area contributed by atoms with Gasteiger partial charge >= 0.3 is 0 Å². The van der Waals surface area contributed by atoms with Crippen molar-refractivity contribution in [2.24, 2.45) is 5.92 Å². The highest BCUT2D eigenvalue weighted by atomic mass is 16.5. The van der Waals surface area contributed by atoms with E-state index in [-0.39, 0.29) is 25.6 Å². The highest BCUT2D eigenvalue weighted by Crippen LogP contribution is 2.26. The summed E-state index contributed by atoms with van der Waals surface area (Å²) in [7, 11) is 0. The van der Waals surface area contributed by atoms with Crippen LogP contribution in [0.15, 0.2) is 0 Å². The Balaban J connectivity index is 2.12. The first-order chi connectivity index (χ1) is 14.1. The smallest absolute Gasteiger partial charge is 0.243 e. The molecule has 172 valence electrons. The van der Waals surface area contributed by atoms with Gasteiger partial charge in [-0.05, 0) is 6.42 Å². The Morgan fingerprint density at radius 2 is 1.55 bits per heavy atom. The molecule has 0 spiro atoms. The molecule has 0 aromatic rings. The van der Waals surface area contributed by atoms with Crippen LogP contribution in [-0.4, -0.2) is 59.5 Å². The van der Waals surface area contributed by atoms with Gasteiger partial charge in [0, 0.05) is 18.9 Å². The normalized spacial score (nSPS) is 24.6. The number of aliphatic hydroxyl groups excluding tert-OH is 2. The molecule has 7 heteroatoms. The van der Waals surface area contributed by atoms with Crippen LogP contribution in [-0.2, 0) is 14.3 Å². The van der Waals surface area contributed by atoms with E-state index in [1.165, 1.54) is 64.2 Å². The number of nitrogens with one attached hydrogen (secondary N) is 1. The number of ether oxygens (including phenoxy) is 2.